The van der Waals surface area contributed by atoms with Gasteiger partial charge >= 0.3 is 0 Å². The maximum atomic E-state index is 13.0. The highest BCUT2D eigenvalue weighted by molar-refractivity contribution is 5.94. The van der Waals surface area contributed by atoms with Gasteiger partial charge in [0, 0.05) is 24.6 Å². The Bertz CT molecular complexity index is 747. The topological polar surface area (TPSA) is 46.3 Å². The van der Waals surface area contributed by atoms with Gasteiger partial charge in [0.25, 0.3) is 5.91 Å². The number of nitrogens with two attached hydrogens (primary N) is 1. The predicted octanol–water partition coefficient (Wildman–Crippen LogP) is 3.41. The van der Waals surface area contributed by atoms with Crippen molar-refractivity contribution in [3.05, 3.63) is 70.8 Å². The maximum absolute atomic E-state index is 13.0. The number of nitrogens with zero attached hydrogens (tertiary/aromatic N) is 1. The smallest absolute Gasteiger partial charge is 0.253 e. The van der Waals surface area contributed by atoms with Crippen molar-refractivity contribution in [2.24, 2.45) is 11.7 Å². The Morgan fingerprint density at radius 3 is 2.56 bits per heavy atom. The third-order valence-electron chi connectivity index (χ3n) is 5.60. The first-order valence-corrected chi connectivity index (χ1v) is 8.92. The van der Waals surface area contributed by atoms with Gasteiger partial charge in [-0.25, -0.2) is 0 Å². The summed E-state index contributed by atoms with van der Waals surface area (Å²) < 4.78 is 0. The molecule has 0 aromatic heterocycles. The molecule has 4 heteroatoms. The molecule has 0 unspecified atom stereocenters. The van der Waals surface area contributed by atoms with Gasteiger partial charge in [0.05, 0.1) is 0 Å². The zero-order chi connectivity index (χ0) is 16.5. The van der Waals surface area contributed by atoms with Crippen molar-refractivity contribution in [3.63, 3.8) is 0 Å². The van der Waals surface area contributed by atoms with Gasteiger partial charge in [-0.1, -0.05) is 36.4 Å². The van der Waals surface area contributed by atoms with Crippen LogP contribution in [0.1, 0.15) is 39.4 Å². The van der Waals surface area contributed by atoms with Crippen LogP contribution >= 0.6 is 12.4 Å². The molecule has 3 nitrogen and oxygen atoms in total. The highest BCUT2D eigenvalue weighted by Gasteiger charge is 2.35. The molecule has 2 atom stereocenters. The summed E-state index contributed by atoms with van der Waals surface area (Å²) >= 11 is 0. The number of benzene rings is 2. The maximum Gasteiger partial charge on any atom is 0.253 e. The SMILES string of the molecule is Cl.NC[C@@H]1CN(C(=O)c2ccc3c(c2)CCC3)C[C@H]1c1ccccc1. The van der Waals surface area contributed by atoms with E-state index >= 15 is 0 Å². The molecule has 0 bridgehead atoms. The Morgan fingerprint density at radius 1 is 1.04 bits per heavy atom. The molecule has 0 spiro atoms. The second kappa shape index (κ2) is 7.59. The fraction of sp³-hybridized carbons (Fsp3) is 0.381. The molecule has 1 heterocycles. The van der Waals surface area contributed by atoms with E-state index in [4.69, 9.17) is 5.73 Å². The highest BCUT2D eigenvalue weighted by atomic mass is 35.5. The lowest BCUT2D eigenvalue weighted by Gasteiger charge is -2.17. The van der Waals surface area contributed by atoms with Crippen LogP contribution in [0.15, 0.2) is 48.5 Å². The standard InChI is InChI=1S/C21H24N2O.ClH/c22-12-19-13-23(14-20(19)16-5-2-1-3-6-16)21(24)18-10-9-15-7-4-8-17(15)11-18;/h1-3,5-6,9-11,19-20H,4,7-8,12-14,22H2;1H/t19-,20+;/m1./s1. The summed E-state index contributed by atoms with van der Waals surface area (Å²) in [5.74, 6) is 0.835. The summed E-state index contributed by atoms with van der Waals surface area (Å²) in [5, 5.41) is 0. The molecule has 2 aromatic carbocycles. The van der Waals surface area contributed by atoms with Crippen molar-refractivity contribution in [1.29, 1.82) is 0 Å². The van der Waals surface area contributed by atoms with Crippen molar-refractivity contribution >= 4 is 18.3 Å². The van der Waals surface area contributed by atoms with E-state index in [1.54, 1.807) is 0 Å². The second-order valence-electron chi connectivity index (χ2n) is 7.06. The third kappa shape index (κ3) is 3.44. The van der Waals surface area contributed by atoms with E-state index in [0.717, 1.165) is 31.5 Å². The Morgan fingerprint density at radius 2 is 1.80 bits per heavy atom. The lowest BCUT2D eigenvalue weighted by molar-refractivity contribution is 0.0786. The predicted molar refractivity (Wildman–Crippen MR) is 103 cm³/mol. The molecule has 1 saturated heterocycles. The summed E-state index contributed by atoms with van der Waals surface area (Å²) in [6.45, 7) is 2.14. The number of aryl methyl sites for hydroxylation is 2. The summed E-state index contributed by atoms with van der Waals surface area (Å²) in [7, 11) is 0. The van der Waals surface area contributed by atoms with Crippen LogP contribution in [-0.2, 0) is 12.8 Å². The van der Waals surface area contributed by atoms with Gasteiger partial charge in [0.1, 0.15) is 0 Å². The van der Waals surface area contributed by atoms with E-state index in [1.807, 2.05) is 17.0 Å². The molecule has 1 amide bonds. The number of halogens is 1. The normalized spacial score (nSPS) is 21.7. The number of amides is 1. The summed E-state index contributed by atoms with van der Waals surface area (Å²) in [5.41, 5.74) is 10.9. The van der Waals surface area contributed by atoms with Crippen molar-refractivity contribution in [3.8, 4) is 0 Å². The number of fused-ring (bicyclic) bond motifs is 1. The largest absolute Gasteiger partial charge is 0.338 e. The summed E-state index contributed by atoms with van der Waals surface area (Å²) in [4.78, 5) is 15.0. The first-order chi connectivity index (χ1) is 11.8. The molecule has 2 aromatic rings. The Labute approximate surface area is 155 Å². The van der Waals surface area contributed by atoms with E-state index in [2.05, 4.69) is 36.4 Å². The molecule has 0 saturated carbocycles. The lowest BCUT2D eigenvalue weighted by Crippen LogP contribution is -2.29. The zero-order valence-electron chi connectivity index (χ0n) is 14.4. The quantitative estimate of drug-likeness (QED) is 0.916. The Kier molecular flexibility index (Phi) is 5.45. The molecule has 25 heavy (non-hydrogen) atoms. The molecule has 1 fully saturated rings. The van der Waals surface area contributed by atoms with Gasteiger partial charge in [0.2, 0.25) is 0 Å². The molecular formula is C21H25ClN2O. The fourth-order valence-electron chi connectivity index (χ4n) is 4.24. The lowest BCUT2D eigenvalue weighted by atomic mass is 9.89. The molecule has 132 valence electrons. The average molecular weight is 357 g/mol. The number of carbonyl (C=O) groups excluding carboxylic acids is 1. The van der Waals surface area contributed by atoms with Crippen LogP contribution in [0.25, 0.3) is 0 Å². The minimum atomic E-state index is 0. The van der Waals surface area contributed by atoms with E-state index in [9.17, 15) is 4.79 Å². The van der Waals surface area contributed by atoms with Crippen LogP contribution in [0, 0.1) is 5.92 Å². The van der Waals surface area contributed by atoms with Crippen molar-refractivity contribution in [2.45, 2.75) is 25.2 Å². The minimum Gasteiger partial charge on any atom is -0.338 e. The number of hydrogen-bond acceptors (Lipinski definition) is 2. The van der Waals surface area contributed by atoms with Gasteiger partial charge in [-0.3, -0.25) is 4.79 Å². The van der Waals surface area contributed by atoms with Crippen LogP contribution in [0.4, 0.5) is 0 Å². The molecule has 1 aliphatic heterocycles. The number of rotatable bonds is 3. The summed E-state index contributed by atoms with van der Waals surface area (Å²) in [6, 6.07) is 16.7. The molecular weight excluding hydrogens is 332 g/mol. The fourth-order valence-corrected chi connectivity index (χ4v) is 4.24. The number of hydrogen-bond donors (Lipinski definition) is 1. The van der Waals surface area contributed by atoms with E-state index in [1.165, 1.54) is 23.1 Å². The van der Waals surface area contributed by atoms with Gasteiger partial charge in [0.15, 0.2) is 0 Å². The van der Waals surface area contributed by atoms with Gasteiger partial charge in [-0.2, -0.15) is 0 Å². The molecule has 2 aliphatic rings. The number of carbonyl (C=O) groups is 1. The van der Waals surface area contributed by atoms with Crippen LogP contribution in [-0.4, -0.2) is 30.4 Å². The average Bonchev–Trinajstić information content (AvgIpc) is 3.27. The van der Waals surface area contributed by atoms with Crippen molar-refractivity contribution in [1.82, 2.24) is 4.90 Å². The van der Waals surface area contributed by atoms with Crippen LogP contribution in [0.5, 0.6) is 0 Å². The monoisotopic (exact) mass is 356 g/mol. The molecule has 2 N–H and O–H groups in total. The van der Waals surface area contributed by atoms with E-state index in [-0.39, 0.29) is 18.3 Å². The zero-order valence-corrected chi connectivity index (χ0v) is 15.2. The van der Waals surface area contributed by atoms with Gasteiger partial charge in [-0.15, -0.1) is 12.4 Å². The van der Waals surface area contributed by atoms with E-state index in [0.29, 0.717) is 18.4 Å². The highest BCUT2D eigenvalue weighted by Crippen LogP contribution is 2.33. The van der Waals surface area contributed by atoms with E-state index < -0.39 is 0 Å². The molecule has 1 aliphatic carbocycles. The second-order valence-corrected chi connectivity index (χ2v) is 7.06. The van der Waals surface area contributed by atoms with Crippen LogP contribution < -0.4 is 5.73 Å². The number of likely N-dealkylation sites (tertiary alicyclic amines) is 1. The van der Waals surface area contributed by atoms with Crippen LogP contribution in [0.3, 0.4) is 0 Å². The summed E-state index contributed by atoms with van der Waals surface area (Å²) in [6.07, 6.45) is 3.47. The molecule has 4 rings (SSSR count). The minimum absolute atomic E-state index is 0. The third-order valence-corrected chi connectivity index (χ3v) is 5.60. The van der Waals surface area contributed by atoms with Crippen molar-refractivity contribution in [2.75, 3.05) is 19.6 Å². The first kappa shape index (κ1) is 18.0. The van der Waals surface area contributed by atoms with Crippen LogP contribution in [0.2, 0.25) is 0 Å². The van der Waals surface area contributed by atoms with Gasteiger partial charge in [-0.05, 0) is 60.5 Å². The first-order valence-electron chi connectivity index (χ1n) is 8.92. The van der Waals surface area contributed by atoms with Gasteiger partial charge < -0.3 is 10.6 Å². The van der Waals surface area contributed by atoms with Crippen molar-refractivity contribution < 1.29 is 4.79 Å². The molecule has 0 radical (unpaired) electrons. The Balaban J connectivity index is 0.00000182. The Hall–Kier alpha value is -1.84.